The van der Waals surface area contributed by atoms with E-state index in [4.69, 9.17) is 9.47 Å². The lowest BCUT2D eigenvalue weighted by Gasteiger charge is -2.26. The van der Waals surface area contributed by atoms with E-state index in [2.05, 4.69) is 4.72 Å². The zero-order chi connectivity index (χ0) is 22.7. The summed E-state index contributed by atoms with van der Waals surface area (Å²) in [5.74, 6) is 1.41. The van der Waals surface area contributed by atoms with E-state index in [1.807, 2.05) is 36.1 Å². The second-order valence-electron chi connectivity index (χ2n) is 8.42. The molecule has 0 radical (unpaired) electrons. The van der Waals surface area contributed by atoms with Crippen LogP contribution < -0.4 is 14.2 Å². The van der Waals surface area contributed by atoms with E-state index in [1.54, 1.807) is 19.1 Å². The van der Waals surface area contributed by atoms with Crippen LogP contribution in [-0.2, 0) is 14.8 Å². The van der Waals surface area contributed by atoms with Crippen LogP contribution in [0.2, 0.25) is 0 Å². The van der Waals surface area contributed by atoms with E-state index in [-0.39, 0.29) is 29.8 Å². The monoisotopic (exact) mass is 458 g/mol. The van der Waals surface area contributed by atoms with Crippen molar-refractivity contribution >= 4 is 15.9 Å². The van der Waals surface area contributed by atoms with Gasteiger partial charge in [-0.25, -0.2) is 13.1 Å². The second-order valence-corrected chi connectivity index (χ2v) is 10.2. The minimum atomic E-state index is -3.66. The molecule has 1 fully saturated rings. The Kier molecular flexibility index (Phi) is 6.71. The minimum Gasteiger partial charge on any atom is -0.490 e. The van der Waals surface area contributed by atoms with Crippen molar-refractivity contribution in [2.75, 3.05) is 26.3 Å². The van der Waals surface area contributed by atoms with Gasteiger partial charge in [-0.3, -0.25) is 4.79 Å². The Morgan fingerprint density at radius 3 is 2.66 bits per heavy atom. The molecule has 172 valence electrons. The Morgan fingerprint density at radius 1 is 1.06 bits per heavy atom. The lowest BCUT2D eigenvalue weighted by molar-refractivity contribution is -0.131. The molecule has 8 heteroatoms. The average Bonchev–Trinajstić information content (AvgIpc) is 3.14. The summed E-state index contributed by atoms with van der Waals surface area (Å²) in [5, 5.41) is 0. The molecule has 1 atom stereocenters. The topological polar surface area (TPSA) is 84.9 Å². The van der Waals surface area contributed by atoms with Gasteiger partial charge in [-0.05, 0) is 61.6 Å². The number of rotatable bonds is 6. The molecule has 1 saturated heterocycles. The van der Waals surface area contributed by atoms with Gasteiger partial charge in [0.05, 0.1) is 24.2 Å². The van der Waals surface area contributed by atoms with Crippen molar-refractivity contribution in [2.24, 2.45) is 0 Å². The van der Waals surface area contributed by atoms with E-state index >= 15 is 0 Å². The zero-order valence-corrected chi connectivity index (χ0v) is 19.4. The number of carbonyl (C=O) groups is 1. The molecule has 2 aliphatic rings. The highest BCUT2D eigenvalue weighted by molar-refractivity contribution is 7.89. The number of amides is 1. The van der Waals surface area contributed by atoms with Gasteiger partial charge < -0.3 is 14.4 Å². The molecular weight excluding hydrogens is 428 g/mol. The van der Waals surface area contributed by atoms with Crippen LogP contribution in [0.4, 0.5) is 0 Å². The summed E-state index contributed by atoms with van der Waals surface area (Å²) >= 11 is 0. The Bertz CT molecular complexity index is 1100. The number of aryl methyl sites for hydroxylation is 2. The van der Waals surface area contributed by atoms with E-state index in [1.165, 1.54) is 0 Å². The van der Waals surface area contributed by atoms with E-state index in [0.29, 0.717) is 25.3 Å². The van der Waals surface area contributed by atoms with Crippen LogP contribution in [0.1, 0.15) is 48.4 Å². The molecule has 2 aromatic carbocycles. The summed E-state index contributed by atoms with van der Waals surface area (Å²) in [5.41, 5.74) is 2.58. The Morgan fingerprint density at radius 2 is 1.84 bits per heavy atom. The van der Waals surface area contributed by atoms with Gasteiger partial charge in [0.1, 0.15) is 0 Å². The predicted octanol–water partition coefficient (Wildman–Crippen LogP) is 3.50. The van der Waals surface area contributed by atoms with Gasteiger partial charge in [0, 0.05) is 25.9 Å². The number of likely N-dealkylation sites (tertiary alicyclic amines) is 1. The van der Waals surface area contributed by atoms with Crippen LogP contribution in [-0.4, -0.2) is 45.5 Å². The quantitative estimate of drug-likeness (QED) is 0.716. The number of nitrogens with one attached hydrogen (secondary N) is 1. The molecular formula is C24H30N2O5S. The number of hydrogen-bond donors (Lipinski definition) is 1. The molecule has 0 spiro atoms. The minimum absolute atomic E-state index is 0.0322. The number of benzene rings is 2. The van der Waals surface area contributed by atoms with Crippen LogP contribution in [0.25, 0.3) is 0 Å². The SMILES string of the molecule is Cc1ccc(C)c(S(=O)(=O)NCCC(=O)N2CCC[C@H]2c2ccc3c(c2)OCCCO3)c1. The van der Waals surface area contributed by atoms with Gasteiger partial charge in [0.2, 0.25) is 15.9 Å². The maximum absolute atomic E-state index is 13.0. The Hall–Kier alpha value is -2.58. The van der Waals surface area contributed by atoms with Gasteiger partial charge in [-0.2, -0.15) is 0 Å². The molecule has 4 rings (SSSR count). The highest BCUT2D eigenvalue weighted by Crippen LogP contribution is 2.38. The first-order valence-corrected chi connectivity index (χ1v) is 12.6. The molecule has 0 aromatic heterocycles. The summed E-state index contributed by atoms with van der Waals surface area (Å²) < 4.78 is 39.5. The normalized spacial score (nSPS) is 18.4. The third kappa shape index (κ3) is 4.91. The molecule has 1 N–H and O–H groups in total. The second kappa shape index (κ2) is 9.50. The standard InChI is InChI=1S/C24H30N2O5S/c1-17-6-7-18(2)23(15-17)32(28,29)25-11-10-24(27)26-12-3-5-20(26)19-8-9-21-22(16-19)31-14-4-13-30-21/h6-9,15-16,20,25H,3-5,10-14H2,1-2H3/t20-/m0/s1. The molecule has 0 unspecified atom stereocenters. The molecule has 1 amide bonds. The molecule has 0 saturated carbocycles. The van der Waals surface area contributed by atoms with Crippen molar-refractivity contribution in [3.05, 3.63) is 53.1 Å². The van der Waals surface area contributed by atoms with Gasteiger partial charge in [0.15, 0.2) is 11.5 Å². The highest BCUT2D eigenvalue weighted by atomic mass is 32.2. The molecule has 0 aliphatic carbocycles. The van der Waals surface area contributed by atoms with Gasteiger partial charge in [-0.1, -0.05) is 18.2 Å². The maximum atomic E-state index is 13.0. The van der Waals surface area contributed by atoms with Crippen LogP contribution in [0.3, 0.4) is 0 Å². The van der Waals surface area contributed by atoms with Crippen molar-refractivity contribution in [3.63, 3.8) is 0 Å². The first-order valence-electron chi connectivity index (χ1n) is 11.1. The van der Waals surface area contributed by atoms with Crippen molar-refractivity contribution in [2.45, 2.75) is 50.5 Å². The fourth-order valence-corrected chi connectivity index (χ4v) is 5.67. The fraction of sp³-hybridized carbons (Fsp3) is 0.458. The number of sulfonamides is 1. The third-order valence-electron chi connectivity index (χ3n) is 5.99. The van der Waals surface area contributed by atoms with Crippen LogP contribution >= 0.6 is 0 Å². The molecule has 2 aromatic rings. The number of carbonyl (C=O) groups excluding carboxylic acids is 1. The summed E-state index contributed by atoms with van der Waals surface area (Å²) in [6, 6.07) is 11.2. The lowest BCUT2D eigenvalue weighted by Crippen LogP contribution is -2.34. The smallest absolute Gasteiger partial charge is 0.240 e. The number of hydrogen-bond acceptors (Lipinski definition) is 5. The molecule has 2 heterocycles. The number of nitrogens with zero attached hydrogens (tertiary/aromatic N) is 1. The molecule has 7 nitrogen and oxygen atoms in total. The van der Waals surface area contributed by atoms with Crippen molar-refractivity contribution in [1.82, 2.24) is 9.62 Å². The van der Waals surface area contributed by atoms with E-state index in [0.717, 1.165) is 41.9 Å². The predicted molar refractivity (Wildman–Crippen MR) is 121 cm³/mol. The van der Waals surface area contributed by atoms with Crippen LogP contribution in [0, 0.1) is 13.8 Å². The lowest BCUT2D eigenvalue weighted by atomic mass is 10.0. The van der Waals surface area contributed by atoms with Crippen LogP contribution in [0.15, 0.2) is 41.3 Å². The van der Waals surface area contributed by atoms with E-state index in [9.17, 15) is 13.2 Å². The average molecular weight is 459 g/mol. The maximum Gasteiger partial charge on any atom is 0.240 e. The summed E-state index contributed by atoms with van der Waals surface area (Å²) in [6.45, 7) is 5.61. The molecule has 0 bridgehead atoms. The van der Waals surface area contributed by atoms with Gasteiger partial charge >= 0.3 is 0 Å². The van der Waals surface area contributed by atoms with Gasteiger partial charge in [-0.15, -0.1) is 0 Å². The fourth-order valence-electron chi connectivity index (χ4n) is 4.31. The molecule has 32 heavy (non-hydrogen) atoms. The zero-order valence-electron chi connectivity index (χ0n) is 18.6. The van der Waals surface area contributed by atoms with Crippen LogP contribution in [0.5, 0.6) is 11.5 Å². The van der Waals surface area contributed by atoms with Crippen molar-refractivity contribution < 1.29 is 22.7 Å². The highest BCUT2D eigenvalue weighted by Gasteiger charge is 2.30. The van der Waals surface area contributed by atoms with Crippen molar-refractivity contribution in [3.8, 4) is 11.5 Å². The Balaban J connectivity index is 1.40. The summed E-state index contributed by atoms with van der Waals surface area (Å²) in [4.78, 5) is 15.1. The largest absolute Gasteiger partial charge is 0.490 e. The van der Waals surface area contributed by atoms with E-state index < -0.39 is 10.0 Å². The first-order chi connectivity index (χ1) is 15.3. The van der Waals surface area contributed by atoms with Crippen molar-refractivity contribution in [1.29, 1.82) is 0 Å². The summed E-state index contributed by atoms with van der Waals surface area (Å²) in [6.07, 6.45) is 2.75. The number of ether oxygens (including phenoxy) is 2. The number of fused-ring (bicyclic) bond motifs is 1. The Labute approximate surface area is 189 Å². The molecule has 2 aliphatic heterocycles. The third-order valence-corrected chi connectivity index (χ3v) is 7.60. The summed E-state index contributed by atoms with van der Waals surface area (Å²) in [7, 11) is -3.66. The van der Waals surface area contributed by atoms with Gasteiger partial charge in [0.25, 0.3) is 0 Å². The first kappa shape index (κ1) is 22.6.